The fourth-order valence-corrected chi connectivity index (χ4v) is 1.70. The van der Waals surface area contributed by atoms with Gasteiger partial charge < -0.3 is 5.11 Å². The van der Waals surface area contributed by atoms with Gasteiger partial charge in [0.15, 0.2) is 0 Å². The summed E-state index contributed by atoms with van der Waals surface area (Å²) in [5.41, 5.74) is 2.07. The number of phenols is 1. The molecule has 1 aromatic carbocycles. The van der Waals surface area contributed by atoms with Crippen molar-refractivity contribution in [2.45, 2.75) is 19.8 Å². The lowest BCUT2D eigenvalue weighted by Crippen LogP contribution is -1.92. The molecule has 2 rings (SSSR count). The zero-order valence-corrected chi connectivity index (χ0v) is 8.65. The van der Waals surface area contributed by atoms with Crippen molar-refractivity contribution in [2.24, 2.45) is 7.05 Å². The summed E-state index contributed by atoms with van der Waals surface area (Å²) < 4.78 is 1.81. The van der Waals surface area contributed by atoms with Crippen molar-refractivity contribution in [1.82, 2.24) is 9.78 Å². The molecule has 0 aliphatic carbocycles. The minimum absolute atomic E-state index is 0.288. The number of hydrogen-bond acceptors (Lipinski definition) is 2. The Hall–Kier alpha value is -1.51. The first-order chi connectivity index (χ1) is 6.59. The summed E-state index contributed by atoms with van der Waals surface area (Å²) in [6.45, 7) is 4.24. The summed E-state index contributed by atoms with van der Waals surface area (Å²) >= 11 is 0. The van der Waals surface area contributed by atoms with Gasteiger partial charge in [0, 0.05) is 18.5 Å². The summed E-state index contributed by atoms with van der Waals surface area (Å²) in [6, 6.07) is 5.37. The molecule has 0 aliphatic heterocycles. The number of rotatable bonds is 1. The summed E-state index contributed by atoms with van der Waals surface area (Å²) in [7, 11) is 1.90. The Kier molecular flexibility index (Phi) is 1.95. The fraction of sp³-hybridized carbons (Fsp3) is 0.364. The molecule has 0 saturated carbocycles. The zero-order valence-electron chi connectivity index (χ0n) is 8.65. The molecule has 0 atom stereocenters. The van der Waals surface area contributed by atoms with Crippen LogP contribution >= 0.6 is 0 Å². The number of fused-ring (bicyclic) bond motifs is 1. The van der Waals surface area contributed by atoms with E-state index >= 15 is 0 Å². The first-order valence-corrected chi connectivity index (χ1v) is 4.75. The Labute approximate surface area is 83.0 Å². The predicted octanol–water partition coefficient (Wildman–Crippen LogP) is 2.40. The van der Waals surface area contributed by atoms with Crippen LogP contribution in [0.3, 0.4) is 0 Å². The lowest BCUT2D eigenvalue weighted by Gasteiger charge is -1.99. The topological polar surface area (TPSA) is 38.0 Å². The van der Waals surface area contributed by atoms with Gasteiger partial charge >= 0.3 is 0 Å². The fourth-order valence-electron chi connectivity index (χ4n) is 1.70. The van der Waals surface area contributed by atoms with Crippen molar-refractivity contribution in [3.05, 3.63) is 23.9 Å². The molecule has 0 unspecified atom stereocenters. The van der Waals surface area contributed by atoms with Crippen LogP contribution in [0, 0.1) is 0 Å². The summed E-state index contributed by atoms with van der Waals surface area (Å²) in [6.07, 6.45) is 0. The molecule has 1 heterocycles. The second-order valence-electron chi connectivity index (χ2n) is 3.86. The van der Waals surface area contributed by atoms with Crippen molar-refractivity contribution in [3.63, 3.8) is 0 Å². The molecule has 0 spiro atoms. The summed E-state index contributed by atoms with van der Waals surface area (Å²) in [4.78, 5) is 0. The smallest absolute Gasteiger partial charge is 0.117 e. The molecule has 1 N–H and O–H groups in total. The van der Waals surface area contributed by atoms with E-state index in [0.717, 1.165) is 16.6 Å². The lowest BCUT2D eigenvalue weighted by atomic mass is 10.1. The van der Waals surface area contributed by atoms with Crippen molar-refractivity contribution < 1.29 is 5.11 Å². The average Bonchev–Trinajstić information content (AvgIpc) is 2.44. The maximum absolute atomic E-state index is 9.36. The largest absolute Gasteiger partial charge is 0.508 e. The highest BCUT2D eigenvalue weighted by Gasteiger charge is 2.11. The molecule has 3 heteroatoms. The van der Waals surface area contributed by atoms with Gasteiger partial charge in [0.2, 0.25) is 0 Å². The van der Waals surface area contributed by atoms with E-state index in [9.17, 15) is 5.11 Å². The third-order valence-electron chi connectivity index (χ3n) is 2.41. The Morgan fingerprint density at radius 2 is 2.07 bits per heavy atom. The van der Waals surface area contributed by atoms with E-state index in [-0.39, 0.29) is 5.75 Å². The number of benzene rings is 1. The van der Waals surface area contributed by atoms with Crippen LogP contribution in [0.25, 0.3) is 10.9 Å². The number of nitrogens with zero attached hydrogens (tertiary/aromatic N) is 2. The van der Waals surface area contributed by atoms with Gasteiger partial charge in [-0.1, -0.05) is 13.8 Å². The van der Waals surface area contributed by atoms with Crippen LogP contribution in [0.2, 0.25) is 0 Å². The number of hydrogen-bond donors (Lipinski definition) is 1. The Bertz CT molecular complexity index is 471. The summed E-state index contributed by atoms with van der Waals surface area (Å²) in [5.74, 6) is 0.694. The standard InChI is InChI=1S/C11H14N2O/c1-7(2)11-9-5-4-8(14)6-10(9)13(3)12-11/h4-7,14H,1-3H3. The lowest BCUT2D eigenvalue weighted by molar-refractivity contribution is 0.476. The quantitative estimate of drug-likeness (QED) is 0.749. The van der Waals surface area contributed by atoms with E-state index in [4.69, 9.17) is 0 Å². The highest BCUT2D eigenvalue weighted by Crippen LogP contribution is 2.26. The second kappa shape index (κ2) is 3.01. The molecule has 1 aromatic heterocycles. The maximum atomic E-state index is 9.36. The van der Waals surface area contributed by atoms with Crippen molar-refractivity contribution in [3.8, 4) is 5.75 Å². The van der Waals surface area contributed by atoms with E-state index in [0.29, 0.717) is 5.92 Å². The molecule has 0 radical (unpaired) electrons. The minimum Gasteiger partial charge on any atom is -0.508 e. The molecular formula is C11H14N2O. The van der Waals surface area contributed by atoms with Crippen molar-refractivity contribution in [2.75, 3.05) is 0 Å². The van der Waals surface area contributed by atoms with Gasteiger partial charge in [-0.3, -0.25) is 4.68 Å². The molecule has 3 nitrogen and oxygen atoms in total. The van der Waals surface area contributed by atoms with E-state index in [2.05, 4.69) is 18.9 Å². The second-order valence-corrected chi connectivity index (χ2v) is 3.86. The maximum Gasteiger partial charge on any atom is 0.117 e. The van der Waals surface area contributed by atoms with Crippen molar-refractivity contribution in [1.29, 1.82) is 0 Å². The molecular weight excluding hydrogens is 176 g/mol. The van der Waals surface area contributed by atoms with Crippen LogP contribution in [-0.2, 0) is 7.05 Å². The molecule has 74 valence electrons. The van der Waals surface area contributed by atoms with E-state index < -0.39 is 0 Å². The van der Waals surface area contributed by atoms with Crippen LogP contribution in [0.1, 0.15) is 25.5 Å². The predicted molar refractivity (Wildman–Crippen MR) is 56.5 cm³/mol. The van der Waals surface area contributed by atoms with Gasteiger partial charge in [-0.15, -0.1) is 0 Å². The van der Waals surface area contributed by atoms with Gasteiger partial charge in [0.05, 0.1) is 11.2 Å². The molecule has 0 fully saturated rings. The van der Waals surface area contributed by atoms with Crippen molar-refractivity contribution >= 4 is 10.9 Å². The number of aryl methyl sites for hydroxylation is 1. The highest BCUT2D eigenvalue weighted by atomic mass is 16.3. The molecule has 0 saturated heterocycles. The van der Waals surface area contributed by atoms with Gasteiger partial charge in [-0.25, -0.2) is 0 Å². The van der Waals surface area contributed by atoms with Gasteiger partial charge in [0.25, 0.3) is 0 Å². The molecule has 0 aliphatic rings. The van der Waals surface area contributed by atoms with E-state index in [1.807, 2.05) is 17.8 Å². The van der Waals surface area contributed by atoms with Crippen LogP contribution in [-0.4, -0.2) is 14.9 Å². The highest BCUT2D eigenvalue weighted by molar-refractivity contribution is 5.83. The van der Waals surface area contributed by atoms with Crippen LogP contribution < -0.4 is 0 Å². The van der Waals surface area contributed by atoms with Crippen LogP contribution in [0.15, 0.2) is 18.2 Å². The first-order valence-electron chi connectivity index (χ1n) is 4.75. The molecule has 0 bridgehead atoms. The first kappa shape index (κ1) is 9.06. The Balaban J connectivity index is 2.77. The number of aromatic hydroxyl groups is 1. The third-order valence-corrected chi connectivity index (χ3v) is 2.41. The molecule has 14 heavy (non-hydrogen) atoms. The Morgan fingerprint density at radius 3 is 2.71 bits per heavy atom. The number of phenolic OH excluding ortho intramolecular Hbond substituents is 1. The van der Waals surface area contributed by atoms with Gasteiger partial charge in [-0.2, -0.15) is 5.10 Å². The monoisotopic (exact) mass is 190 g/mol. The zero-order chi connectivity index (χ0) is 10.3. The van der Waals surface area contributed by atoms with E-state index in [1.165, 1.54) is 0 Å². The van der Waals surface area contributed by atoms with Gasteiger partial charge in [0.1, 0.15) is 5.75 Å². The third kappa shape index (κ3) is 1.25. The average molecular weight is 190 g/mol. The van der Waals surface area contributed by atoms with E-state index in [1.54, 1.807) is 12.1 Å². The normalized spacial score (nSPS) is 11.4. The molecule has 0 amide bonds. The minimum atomic E-state index is 0.288. The van der Waals surface area contributed by atoms with Crippen LogP contribution in [0.5, 0.6) is 5.75 Å². The number of aromatic nitrogens is 2. The van der Waals surface area contributed by atoms with Crippen LogP contribution in [0.4, 0.5) is 0 Å². The molecule has 2 aromatic rings. The Morgan fingerprint density at radius 1 is 1.36 bits per heavy atom. The SMILES string of the molecule is CC(C)c1nn(C)c2cc(O)ccc12. The van der Waals surface area contributed by atoms with Gasteiger partial charge in [-0.05, 0) is 18.1 Å². The summed E-state index contributed by atoms with van der Waals surface area (Å²) in [5, 5.41) is 14.9.